The van der Waals surface area contributed by atoms with E-state index in [2.05, 4.69) is 106 Å². The molecule has 0 unspecified atom stereocenters. The van der Waals surface area contributed by atoms with Crippen LogP contribution in [0.5, 0.6) is 0 Å². The third-order valence-electron chi connectivity index (χ3n) is 6.54. The van der Waals surface area contributed by atoms with Gasteiger partial charge in [0.25, 0.3) is 0 Å². The van der Waals surface area contributed by atoms with Crippen molar-refractivity contribution >= 4 is 16.6 Å². The van der Waals surface area contributed by atoms with Crippen LogP contribution < -0.4 is 0 Å². The molecule has 0 aromatic carbocycles. The molecular weight excluding hydrogens is 388 g/mol. The van der Waals surface area contributed by atoms with Gasteiger partial charge in [-0.25, -0.2) is 0 Å². The first-order valence-electron chi connectivity index (χ1n) is 11.6. The van der Waals surface area contributed by atoms with Crippen LogP contribution in [0.2, 0.25) is 36.3 Å². The van der Waals surface area contributed by atoms with E-state index in [-0.39, 0.29) is 22.3 Å². The Morgan fingerprint density at radius 3 is 1.79 bits per heavy atom. The molecule has 0 aliphatic rings. The van der Waals surface area contributed by atoms with Crippen molar-refractivity contribution in [2.75, 3.05) is 0 Å². The molecule has 2 nitrogen and oxygen atoms in total. The molecule has 0 radical (unpaired) electrons. The Morgan fingerprint density at radius 1 is 0.828 bits per heavy atom. The van der Waals surface area contributed by atoms with E-state index >= 15 is 0 Å². The van der Waals surface area contributed by atoms with Crippen LogP contribution in [0.1, 0.15) is 87.5 Å². The summed E-state index contributed by atoms with van der Waals surface area (Å²) in [6, 6.07) is 0. The summed E-state index contributed by atoms with van der Waals surface area (Å²) in [5.74, 6) is 6.92. The quantitative estimate of drug-likeness (QED) is 0.148. The molecule has 0 aromatic heterocycles. The van der Waals surface area contributed by atoms with Gasteiger partial charge in [0.05, 0.1) is 6.10 Å². The topological polar surface area (TPSA) is 18.5 Å². The van der Waals surface area contributed by atoms with Crippen LogP contribution in [0, 0.1) is 11.8 Å². The minimum absolute atomic E-state index is 0.113. The lowest BCUT2D eigenvalue weighted by Gasteiger charge is -2.43. The number of hydrogen-bond donors (Lipinski definition) is 0. The maximum Gasteiger partial charge on any atom is 0.193 e. The predicted molar refractivity (Wildman–Crippen MR) is 135 cm³/mol. The highest BCUT2D eigenvalue weighted by atomic mass is 28.4. The minimum Gasteiger partial charge on any atom is -0.407 e. The molecule has 0 amide bonds. The van der Waals surface area contributed by atoms with Gasteiger partial charge in [0.1, 0.15) is 6.10 Å². The molecule has 0 heterocycles. The molecule has 0 fully saturated rings. The van der Waals surface area contributed by atoms with Crippen molar-refractivity contribution in [1.29, 1.82) is 0 Å². The zero-order chi connectivity index (χ0) is 22.9. The first kappa shape index (κ1) is 28.7. The van der Waals surface area contributed by atoms with E-state index in [4.69, 9.17) is 8.85 Å². The Morgan fingerprint density at radius 2 is 1.34 bits per heavy atom. The van der Waals surface area contributed by atoms with E-state index in [9.17, 15) is 0 Å². The Bertz CT molecular complexity index is 554. The van der Waals surface area contributed by atoms with Gasteiger partial charge in [0, 0.05) is 6.42 Å². The molecule has 2 atom stereocenters. The van der Waals surface area contributed by atoms with Crippen molar-refractivity contribution < 1.29 is 8.85 Å². The Labute approximate surface area is 185 Å². The molecule has 0 saturated heterocycles. The number of unbranched alkanes of at least 4 members (excludes halogenated alkanes) is 4. The van der Waals surface area contributed by atoms with Gasteiger partial charge in [0.2, 0.25) is 0 Å². The lowest BCUT2D eigenvalue weighted by atomic mass is 10.1. The highest BCUT2D eigenvalue weighted by Crippen LogP contribution is 2.40. The first-order chi connectivity index (χ1) is 13.1. The summed E-state index contributed by atoms with van der Waals surface area (Å²) in [5, 5.41) is 0.299. The molecule has 29 heavy (non-hydrogen) atoms. The van der Waals surface area contributed by atoms with Crippen LogP contribution in [-0.4, -0.2) is 28.8 Å². The summed E-state index contributed by atoms with van der Waals surface area (Å²) in [7, 11) is -3.90. The SMILES string of the molecule is C/C=C/[C@H](O[Si](C)(C)C(C)(C)C)[C@H](C#CCCCCCC)O[Si](C)(C)C(C)(C)C. The molecule has 0 rings (SSSR count). The monoisotopic (exact) mass is 438 g/mol. The Balaban J connectivity index is 5.73. The standard InChI is InChI=1S/C25H50O2Si2/c1-13-15-16-17-18-19-21-23(27-29(11,12)25(6,7)8)22(20-14-2)26-28(9,10)24(3,4)5/h14,20,22-23H,13,15-18H2,1-12H3/b20-14+/t22-,23-/m0/s1. The zero-order valence-corrected chi connectivity index (χ0v) is 23.7. The van der Waals surface area contributed by atoms with E-state index < -0.39 is 16.6 Å². The average Bonchev–Trinajstić information content (AvgIpc) is 2.54. The van der Waals surface area contributed by atoms with Gasteiger partial charge in [-0.05, 0) is 49.6 Å². The van der Waals surface area contributed by atoms with Gasteiger partial charge < -0.3 is 8.85 Å². The summed E-state index contributed by atoms with van der Waals surface area (Å²) >= 11 is 0. The van der Waals surface area contributed by atoms with E-state index in [1.54, 1.807) is 0 Å². The van der Waals surface area contributed by atoms with E-state index in [1.165, 1.54) is 25.7 Å². The lowest BCUT2D eigenvalue weighted by molar-refractivity contribution is 0.0995. The van der Waals surface area contributed by atoms with Crippen LogP contribution >= 0.6 is 0 Å². The molecular formula is C25H50O2Si2. The fraction of sp³-hybridized carbons (Fsp3) is 0.840. The largest absolute Gasteiger partial charge is 0.407 e. The van der Waals surface area contributed by atoms with Crippen molar-refractivity contribution in [3.63, 3.8) is 0 Å². The molecule has 0 spiro atoms. The normalized spacial score (nSPS) is 15.9. The molecule has 0 bridgehead atoms. The highest BCUT2D eigenvalue weighted by molar-refractivity contribution is 6.74. The van der Waals surface area contributed by atoms with E-state index in [1.807, 2.05) is 0 Å². The van der Waals surface area contributed by atoms with Crippen LogP contribution in [0.25, 0.3) is 0 Å². The van der Waals surface area contributed by atoms with Gasteiger partial charge in [0.15, 0.2) is 16.6 Å². The number of allylic oxidation sites excluding steroid dienone is 1. The molecule has 0 aliphatic carbocycles. The van der Waals surface area contributed by atoms with Gasteiger partial charge >= 0.3 is 0 Å². The van der Waals surface area contributed by atoms with Crippen molar-refractivity contribution in [2.45, 2.75) is 136 Å². The van der Waals surface area contributed by atoms with E-state index in [0.717, 1.165) is 6.42 Å². The fourth-order valence-electron chi connectivity index (χ4n) is 2.39. The van der Waals surface area contributed by atoms with Gasteiger partial charge in [-0.3, -0.25) is 0 Å². The fourth-order valence-corrected chi connectivity index (χ4v) is 4.81. The third-order valence-corrected chi connectivity index (χ3v) is 15.5. The first-order valence-corrected chi connectivity index (χ1v) is 17.4. The van der Waals surface area contributed by atoms with Crippen molar-refractivity contribution in [3.05, 3.63) is 12.2 Å². The third kappa shape index (κ3) is 10.0. The molecule has 0 aliphatic heterocycles. The average molecular weight is 439 g/mol. The second kappa shape index (κ2) is 11.9. The molecule has 0 aromatic rings. The maximum absolute atomic E-state index is 6.81. The molecule has 0 saturated carbocycles. The van der Waals surface area contributed by atoms with Gasteiger partial charge in [-0.15, -0.1) is 5.92 Å². The molecule has 170 valence electrons. The second-order valence-corrected chi connectivity index (χ2v) is 20.8. The van der Waals surface area contributed by atoms with Crippen LogP contribution in [-0.2, 0) is 8.85 Å². The van der Waals surface area contributed by atoms with Gasteiger partial charge in [-0.1, -0.05) is 85.8 Å². The van der Waals surface area contributed by atoms with Crippen molar-refractivity contribution in [1.82, 2.24) is 0 Å². The Hall–Kier alpha value is -0.346. The summed E-state index contributed by atoms with van der Waals surface area (Å²) < 4.78 is 13.6. The second-order valence-electron chi connectivity index (χ2n) is 11.3. The zero-order valence-electron chi connectivity index (χ0n) is 21.7. The summed E-state index contributed by atoms with van der Waals surface area (Å²) in [6.45, 7) is 27.3. The van der Waals surface area contributed by atoms with Crippen LogP contribution in [0.4, 0.5) is 0 Å². The highest BCUT2D eigenvalue weighted by Gasteiger charge is 2.43. The molecule has 4 heteroatoms. The van der Waals surface area contributed by atoms with Gasteiger partial charge in [-0.2, -0.15) is 0 Å². The summed E-state index contributed by atoms with van der Waals surface area (Å²) in [5.41, 5.74) is 0. The van der Waals surface area contributed by atoms with Crippen molar-refractivity contribution in [3.8, 4) is 11.8 Å². The number of rotatable bonds is 10. The summed E-state index contributed by atoms with van der Waals surface area (Å²) in [4.78, 5) is 0. The smallest absolute Gasteiger partial charge is 0.193 e. The van der Waals surface area contributed by atoms with Crippen LogP contribution in [0.15, 0.2) is 12.2 Å². The summed E-state index contributed by atoms with van der Waals surface area (Å²) in [6.07, 6.45) is 9.86. The van der Waals surface area contributed by atoms with Crippen molar-refractivity contribution in [2.24, 2.45) is 0 Å². The number of hydrogen-bond acceptors (Lipinski definition) is 2. The maximum atomic E-state index is 6.81. The van der Waals surface area contributed by atoms with E-state index in [0.29, 0.717) is 0 Å². The predicted octanol–water partition coefficient (Wildman–Crippen LogP) is 8.32. The Kier molecular flexibility index (Phi) is 11.7. The van der Waals surface area contributed by atoms with Crippen LogP contribution in [0.3, 0.4) is 0 Å². The molecule has 0 N–H and O–H groups in total. The lowest BCUT2D eigenvalue weighted by Crippen LogP contribution is -2.51. The minimum atomic E-state index is -1.96.